The minimum atomic E-state index is 0.0368. The summed E-state index contributed by atoms with van der Waals surface area (Å²) in [6.07, 6.45) is 5.55. The molecule has 1 aliphatic rings. The van der Waals surface area contributed by atoms with Gasteiger partial charge < -0.3 is 0 Å². The highest BCUT2D eigenvalue weighted by Gasteiger charge is 2.27. The average molecular weight is 475 g/mol. The number of hydrogen-bond donors (Lipinski definition) is 0. The van der Waals surface area contributed by atoms with Crippen LogP contribution in [0.4, 0.5) is 0 Å². The van der Waals surface area contributed by atoms with E-state index in [1.54, 1.807) is 47.4 Å². The van der Waals surface area contributed by atoms with E-state index in [1.807, 2.05) is 10.7 Å². The maximum atomic E-state index is 12.6. The van der Waals surface area contributed by atoms with Crippen molar-refractivity contribution in [1.82, 2.24) is 19.6 Å². The largest absolute Gasteiger partial charge is 0.293 e. The molecule has 3 heterocycles. The number of aryl methyl sites for hydroxylation is 1. The van der Waals surface area contributed by atoms with E-state index in [4.69, 9.17) is 16.6 Å². The Morgan fingerprint density at radius 3 is 2.83 bits per heavy atom. The lowest BCUT2D eigenvalue weighted by Gasteiger charge is -2.18. The molecule has 0 radical (unpaired) electrons. The number of thiophene rings is 1. The lowest BCUT2D eigenvalue weighted by molar-refractivity contribution is 0.102. The molecule has 0 bridgehead atoms. The van der Waals surface area contributed by atoms with Crippen molar-refractivity contribution in [2.45, 2.75) is 42.4 Å². The van der Waals surface area contributed by atoms with Crippen molar-refractivity contribution in [3.63, 3.8) is 0 Å². The van der Waals surface area contributed by atoms with Crippen LogP contribution in [0.5, 0.6) is 0 Å². The Labute approximate surface area is 191 Å². The van der Waals surface area contributed by atoms with Crippen LogP contribution in [0.15, 0.2) is 34.6 Å². The predicted octanol–water partition coefficient (Wildman–Crippen LogP) is 6.13. The molecule has 1 aliphatic carbocycles. The van der Waals surface area contributed by atoms with Crippen LogP contribution in [0.3, 0.4) is 0 Å². The van der Waals surface area contributed by atoms with Crippen molar-refractivity contribution in [1.29, 1.82) is 0 Å². The van der Waals surface area contributed by atoms with E-state index in [1.165, 1.54) is 35.0 Å². The number of benzene rings is 1. The summed E-state index contributed by atoms with van der Waals surface area (Å²) < 4.78 is 2.02. The molecular weight excluding hydrogens is 456 g/mol. The summed E-state index contributed by atoms with van der Waals surface area (Å²) in [5, 5.41) is 12.3. The quantitative estimate of drug-likeness (QED) is 0.197. The first kappa shape index (κ1) is 20.3. The first-order valence-corrected chi connectivity index (χ1v) is 13.1. The van der Waals surface area contributed by atoms with Gasteiger partial charge in [0.25, 0.3) is 0 Å². The molecule has 9 heteroatoms. The van der Waals surface area contributed by atoms with Gasteiger partial charge in [0, 0.05) is 15.5 Å². The van der Waals surface area contributed by atoms with Crippen LogP contribution in [-0.2, 0) is 6.42 Å². The number of halogens is 1. The first-order chi connectivity index (χ1) is 14.6. The number of nitrogens with zero attached hydrogens (tertiary/aromatic N) is 4. The molecular formula is C21H19ClN4OS3. The Morgan fingerprint density at radius 1 is 1.27 bits per heavy atom. The van der Waals surface area contributed by atoms with Gasteiger partial charge in [-0.15, -0.1) is 21.5 Å². The fourth-order valence-electron chi connectivity index (χ4n) is 4.01. The third kappa shape index (κ3) is 3.43. The molecule has 5 rings (SSSR count). The van der Waals surface area contributed by atoms with Gasteiger partial charge in [0.1, 0.15) is 4.83 Å². The summed E-state index contributed by atoms with van der Waals surface area (Å²) in [5.74, 6) is 0.828. The highest BCUT2D eigenvalue weighted by molar-refractivity contribution is 8.00. The smallest absolute Gasteiger partial charge is 0.198 e. The fraction of sp³-hybridized carbons (Fsp3) is 0.333. The van der Waals surface area contributed by atoms with Gasteiger partial charge in [0.15, 0.2) is 21.7 Å². The van der Waals surface area contributed by atoms with Crippen molar-refractivity contribution < 1.29 is 4.79 Å². The van der Waals surface area contributed by atoms with Crippen molar-refractivity contribution in [3.05, 3.63) is 45.3 Å². The number of ketones is 1. The van der Waals surface area contributed by atoms with Gasteiger partial charge in [-0.1, -0.05) is 42.0 Å². The Balaban J connectivity index is 1.55. The van der Waals surface area contributed by atoms with Crippen molar-refractivity contribution in [2.75, 3.05) is 12.0 Å². The fourth-order valence-corrected chi connectivity index (χ4v) is 6.95. The number of thioether (sulfide) groups is 2. The van der Waals surface area contributed by atoms with Gasteiger partial charge >= 0.3 is 0 Å². The monoisotopic (exact) mass is 474 g/mol. The zero-order valence-electron chi connectivity index (χ0n) is 16.5. The van der Waals surface area contributed by atoms with Crippen LogP contribution >= 0.6 is 46.5 Å². The molecule has 0 saturated carbocycles. The Hall–Kier alpha value is -1.61. The third-order valence-corrected chi connectivity index (χ3v) is 8.44. The lowest BCUT2D eigenvalue weighted by atomic mass is 9.87. The zero-order chi connectivity index (χ0) is 20.8. The molecule has 0 amide bonds. The van der Waals surface area contributed by atoms with Crippen LogP contribution in [-0.4, -0.2) is 37.4 Å². The number of aromatic nitrogens is 4. The summed E-state index contributed by atoms with van der Waals surface area (Å²) in [7, 11) is 0. The number of fused-ring (bicyclic) bond motifs is 5. The van der Waals surface area contributed by atoms with E-state index in [9.17, 15) is 4.79 Å². The number of hydrogen-bond acceptors (Lipinski definition) is 7. The molecule has 0 fully saturated rings. The van der Waals surface area contributed by atoms with Gasteiger partial charge in [0.2, 0.25) is 0 Å². The summed E-state index contributed by atoms with van der Waals surface area (Å²) in [6.45, 7) is 2.29. The van der Waals surface area contributed by atoms with Crippen molar-refractivity contribution >= 4 is 68.1 Å². The van der Waals surface area contributed by atoms with Crippen LogP contribution in [0.1, 0.15) is 46.5 Å². The zero-order valence-corrected chi connectivity index (χ0v) is 19.7. The lowest BCUT2D eigenvalue weighted by Crippen LogP contribution is -2.05. The highest BCUT2D eigenvalue weighted by Crippen LogP contribution is 2.44. The second kappa shape index (κ2) is 8.15. The number of carbonyl (C=O) groups is 1. The Kier molecular flexibility index (Phi) is 5.51. The molecule has 0 N–H and O–H groups in total. The molecule has 0 aliphatic heterocycles. The summed E-state index contributed by atoms with van der Waals surface area (Å²) in [6, 6.07) is 6.98. The van der Waals surface area contributed by atoms with E-state index in [0.29, 0.717) is 21.7 Å². The molecule has 5 nitrogen and oxygen atoms in total. The summed E-state index contributed by atoms with van der Waals surface area (Å²) in [4.78, 5) is 20.0. The molecule has 3 aromatic heterocycles. The van der Waals surface area contributed by atoms with Gasteiger partial charge in [-0.05, 0) is 61.3 Å². The van der Waals surface area contributed by atoms with Crippen LogP contribution in [0.25, 0.3) is 15.9 Å². The van der Waals surface area contributed by atoms with E-state index in [-0.39, 0.29) is 11.5 Å². The maximum absolute atomic E-state index is 12.6. The maximum Gasteiger partial charge on any atom is 0.198 e. The predicted molar refractivity (Wildman–Crippen MR) is 126 cm³/mol. The molecule has 0 spiro atoms. The molecule has 1 atom stereocenters. The normalized spacial score (nSPS) is 16.3. The van der Waals surface area contributed by atoms with E-state index in [0.717, 1.165) is 27.4 Å². The van der Waals surface area contributed by atoms with E-state index >= 15 is 0 Å². The number of carbonyl (C=O) groups excluding carboxylic acids is 1. The van der Waals surface area contributed by atoms with Crippen LogP contribution in [0, 0.1) is 0 Å². The first-order valence-electron chi connectivity index (χ1n) is 9.72. The van der Waals surface area contributed by atoms with Crippen LogP contribution < -0.4 is 0 Å². The van der Waals surface area contributed by atoms with Gasteiger partial charge in [-0.2, -0.15) is 0 Å². The van der Waals surface area contributed by atoms with Gasteiger partial charge in [0.05, 0.1) is 11.1 Å². The molecule has 4 aromatic rings. The molecule has 154 valence electrons. The van der Waals surface area contributed by atoms with Crippen molar-refractivity contribution in [2.24, 2.45) is 0 Å². The minimum Gasteiger partial charge on any atom is -0.293 e. The molecule has 0 saturated heterocycles. The van der Waals surface area contributed by atoms with E-state index in [2.05, 4.69) is 17.1 Å². The highest BCUT2D eigenvalue weighted by atomic mass is 35.5. The number of Topliss-reactive ketones (excluding diaryl/α,β-unsaturated/α-hetero) is 1. The summed E-state index contributed by atoms with van der Waals surface area (Å²) >= 11 is 10.7. The molecule has 1 aromatic carbocycles. The van der Waals surface area contributed by atoms with Gasteiger partial charge in [-0.3, -0.25) is 4.79 Å². The Morgan fingerprint density at radius 2 is 2.07 bits per heavy atom. The SMILES string of the molecule is CSc1nc2sc3c(c2c2nnc(SCC(=O)c4ccc(Cl)cc4)n12)C(C)CCC3. The van der Waals surface area contributed by atoms with Crippen LogP contribution in [0.2, 0.25) is 5.02 Å². The standard InChI is InChI=1S/C21H19ClN4OS3/c1-11-4-3-5-15-16(11)17-18-24-25-21(26(18)20(28-2)23-19(17)30-15)29-10-14(27)12-6-8-13(22)9-7-12/h6-9,11H,3-5,10H2,1-2H3. The second-order valence-corrected chi connectivity index (χ2v) is 10.6. The number of rotatable bonds is 5. The van der Waals surface area contributed by atoms with Crippen molar-refractivity contribution in [3.8, 4) is 0 Å². The summed E-state index contributed by atoms with van der Waals surface area (Å²) in [5.41, 5.74) is 2.90. The molecule has 1 unspecified atom stereocenters. The third-order valence-electron chi connectivity index (χ3n) is 5.46. The molecule has 30 heavy (non-hydrogen) atoms. The van der Waals surface area contributed by atoms with Gasteiger partial charge in [-0.25, -0.2) is 9.38 Å². The van der Waals surface area contributed by atoms with E-state index < -0.39 is 0 Å². The minimum absolute atomic E-state index is 0.0368. The second-order valence-electron chi connectivity index (χ2n) is 7.37. The topological polar surface area (TPSA) is 60.2 Å². The Bertz CT molecular complexity index is 1270. The average Bonchev–Trinajstić information content (AvgIpc) is 3.33.